The molecule has 0 aromatic heterocycles. The maximum atomic E-state index is 11.9. The van der Waals surface area contributed by atoms with Crippen molar-refractivity contribution in [2.75, 3.05) is 32.8 Å². The van der Waals surface area contributed by atoms with E-state index in [1.165, 1.54) is 0 Å². The minimum atomic E-state index is -3.42. The van der Waals surface area contributed by atoms with Gasteiger partial charge in [0.05, 0.1) is 11.5 Å². The average molecular weight is 272 g/mol. The fourth-order valence-corrected chi connectivity index (χ4v) is 2.63. The zero-order chi connectivity index (χ0) is 13.4. The normalized spacial score (nSPS) is 11.9. The van der Waals surface area contributed by atoms with Crippen LogP contribution in [0.25, 0.3) is 0 Å². The smallest absolute Gasteiger partial charge is 0.240 e. The van der Waals surface area contributed by atoms with Crippen LogP contribution < -0.4 is 4.72 Å². The Bertz CT molecular complexity index is 434. The lowest BCUT2D eigenvalue weighted by atomic mass is 10.4. The molecule has 0 amide bonds. The van der Waals surface area contributed by atoms with Crippen LogP contribution in [0.5, 0.6) is 0 Å². The Balaban J connectivity index is 2.48. The number of nitrogens with zero attached hydrogens (tertiary/aromatic N) is 1. The van der Waals surface area contributed by atoms with Gasteiger partial charge in [0, 0.05) is 19.6 Å². The summed E-state index contributed by atoms with van der Waals surface area (Å²) < 4.78 is 26.3. The summed E-state index contributed by atoms with van der Waals surface area (Å²) in [6.07, 6.45) is 0. The first-order chi connectivity index (χ1) is 8.60. The van der Waals surface area contributed by atoms with Crippen molar-refractivity contribution < 1.29 is 13.5 Å². The molecule has 1 rings (SSSR count). The van der Waals surface area contributed by atoms with E-state index >= 15 is 0 Å². The molecule has 1 aromatic rings. The largest absolute Gasteiger partial charge is 0.395 e. The molecule has 0 fully saturated rings. The Kier molecular flexibility index (Phi) is 6.28. The van der Waals surface area contributed by atoms with Gasteiger partial charge in [0.15, 0.2) is 0 Å². The Morgan fingerprint density at radius 3 is 2.44 bits per heavy atom. The summed E-state index contributed by atoms with van der Waals surface area (Å²) in [5.41, 5.74) is 0. The summed E-state index contributed by atoms with van der Waals surface area (Å²) in [6, 6.07) is 8.29. The van der Waals surface area contributed by atoms with E-state index in [-0.39, 0.29) is 11.5 Å². The first kappa shape index (κ1) is 15.1. The molecule has 6 heteroatoms. The summed E-state index contributed by atoms with van der Waals surface area (Å²) >= 11 is 0. The van der Waals surface area contributed by atoms with Crippen LogP contribution in [0.4, 0.5) is 0 Å². The molecule has 18 heavy (non-hydrogen) atoms. The second kappa shape index (κ2) is 7.48. The van der Waals surface area contributed by atoms with Crippen molar-refractivity contribution in [1.29, 1.82) is 0 Å². The van der Waals surface area contributed by atoms with Gasteiger partial charge in [0.25, 0.3) is 0 Å². The van der Waals surface area contributed by atoms with Crippen LogP contribution in [0, 0.1) is 0 Å². The molecule has 0 saturated heterocycles. The molecule has 0 radical (unpaired) electrons. The van der Waals surface area contributed by atoms with Gasteiger partial charge in [-0.05, 0) is 18.7 Å². The molecule has 0 aliphatic heterocycles. The second-order valence-corrected chi connectivity index (χ2v) is 5.64. The number of hydrogen-bond acceptors (Lipinski definition) is 4. The highest BCUT2D eigenvalue weighted by Gasteiger charge is 2.12. The number of aliphatic hydroxyl groups is 1. The van der Waals surface area contributed by atoms with Gasteiger partial charge in [-0.2, -0.15) is 0 Å². The van der Waals surface area contributed by atoms with Crippen molar-refractivity contribution >= 4 is 10.0 Å². The van der Waals surface area contributed by atoms with Gasteiger partial charge in [-0.3, -0.25) is 0 Å². The van der Waals surface area contributed by atoms with E-state index in [0.29, 0.717) is 19.6 Å². The summed E-state index contributed by atoms with van der Waals surface area (Å²) in [7, 11) is -3.42. The predicted molar refractivity (Wildman–Crippen MR) is 70.8 cm³/mol. The van der Waals surface area contributed by atoms with Crippen LogP contribution in [0.1, 0.15) is 6.92 Å². The summed E-state index contributed by atoms with van der Waals surface area (Å²) in [5, 5.41) is 8.82. The molecule has 0 bridgehead atoms. The van der Waals surface area contributed by atoms with Crippen LogP contribution in [0.2, 0.25) is 0 Å². The molecule has 102 valence electrons. The van der Waals surface area contributed by atoms with E-state index in [4.69, 9.17) is 5.11 Å². The average Bonchev–Trinajstić information content (AvgIpc) is 2.38. The van der Waals surface area contributed by atoms with E-state index in [0.717, 1.165) is 6.54 Å². The summed E-state index contributed by atoms with van der Waals surface area (Å²) in [5.74, 6) is 0. The summed E-state index contributed by atoms with van der Waals surface area (Å²) in [6.45, 7) is 4.33. The SMILES string of the molecule is CCN(CCO)CCNS(=O)(=O)c1ccccc1. The van der Waals surface area contributed by atoms with E-state index in [1.807, 2.05) is 11.8 Å². The molecule has 0 heterocycles. The lowest BCUT2D eigenvalue weighted by molar-refractivity contribution is 0.204. The Morgan fingerprint density at radius 2 is 1.89 bits per heavy atom. The fourth-order valence-electron chi connectivity index (χ4n) is 1.59. The van der Waals surface area contributed by atoms with Gasteiger partial charge in [-0.15, -0.1) is 0 Å². The zero-order valence-electron chi connectivity index (χ0n) is 10.5. The Morgan fingerprint density at radius 1 is 1.22 bits per heavy atom. The molecule has 0 aliphatic rings. The first-order valence-electron chi connectivity index (χ1n) is 5.98. The van der Waals surface area contributed by atoms with E-state index in [1.54, 1.807) is 30.3 Å². The van der Waals surface area contributed by atoms with Gasteiger partial charge in [0.2, 0.25) is 10.0 Å². The highest BCUT2D eigenvalue weighted by molar-refractivity contribution is 7.89. The molecule has 0 saturated carbocycles. The van der Waals surface area contributed by atoms with Crippen molar-refractivity contribution in [3.8, 4) is 0 Å². The quantitative estimate of drug-likeness (QED) is 0.713. The highest BCUT2D eigenvalue weighted by Crippen LogP contribution is 2.06. The maximum Gasteiger partial charge on any atom is 0.240 e. The van der Waals surface area contributed by atoms with Gasteiger partial charge >= 0.3 is 0 Å². The maximum absolute atomic E-state index is 11.9. The van der Waals surface area contributed by atoms with Crippen LogP contribution >= 0.6 is 0 Å². The minimum absolute atomic E-state index is 0.0826. The van der Waals surface area contributed by atoms with Gasteiger partial charge in [-0.1, -0.05) is 25.1 Å². The van der Waals surface area contributed by atoms with Crippen molar-refractivity contribution in [3.05, 3.63) is 30.3 Å². The summed E-state index contributed by atoms with van der Waals surface area (Å²) in [4.78, 5) is 2.25. The standard InChI is InChI=1S/C12H20N2O3S/c1-2-14(10-11-15)9-8-13-18(16,17)12-6-4-3-5-7-12/h3-7,13,15H,2,8-11H2,1H3. The fraction of sp³-hybridized carbons (Fsp3) is 0.500. The molecular formula is C12H20N2O3S. The van der Waals surface area contributed by atoms with Crippen molar-refractivity contribution in [1.82, 2.24) is 9.62 Å². The molecule has 1 aromatic carbocycles. The van der Waals surface area contributed by atoms with Crippen LogP contribution in [-0.4, -0.2) is 51.2 Å². The number of rotatable bonds is 8. The number of likely N-dealkylation sites (N-methyl/N-ethyl adjacent to an activating group) is 1. The van der Waals surface area contributed by atoms with E-state index < -0.39 is 10.0 Å². The van der Waals surface area contributed by atoms with Crippen molar-refractivity contribution in [2.24, 2.45) is 0 Å². The lowest BCUT2D eigenvalue weighted by Crippen LogP contribution is -2.36. The second-order valence-electron chi connectivity index (χ2n) is 3.87. The van der Waals surface area contributed by atoms with Crippen molar-refractivity contribution in [3.63, 3.8) is 0 Å². The van der Waals surface area contributed by atoms with Crippen LogP contribution in [0.15, 0.2) is 35.2 Å². The number of aliphatic hydroxyl groups excluding tert-OH is 1. The number of sulfonamides is 1. The van der Waals surface area contributed by atoms with Crippen LogP contribution in [-0.2, 0) is 10.0 Å². The predicted octanol–water partition coefficient (Wildman–Crippen LogP) is 0.279. The third-order valence-electron chi connectivity index (χ3n) is 2.64. The monoisotopic (exact) mass is 272 g/mol. The molecule has 5 nitrogen and oxygen atoms in total. The zero-order valence-corrected chi connectivity index (χ0v) is 11.4. The Hall–Kier alpha value is -0.950. The highest BCUT2D eigenvalue weighted by atomic mass is 32.2. The molecule has 0 aliphatic carbocycles. The Labute approximate surface area is 108 Å². The van der Waals surface area contributed by atoms with Gasteiger partial charge < -0.3 is 10.0 Å². The topological polar surface area (TPSA) is 69.6 Å². The number of hydrogen-bond donors (Lipinski definition) is 2. The van der Waals surface area contributed by atoms with Gasteiger partial charge in [-0.25, -0.2) is 13.1 Å². The third-order valence-corrected chi connectivity index (χ3v) is 4.11. The minimum Gasteiger partial charge on any atom is -0.395 e. The van der Waals surface area contributed by atoms with E-state index in [2.05, 4.69) is 4.72 Å². The lowest BCUT2D eigenvalue weighted by Gasteiger charge is -2.19. The number of nitrogens with one attached hydrogen (secondary N) is 1. The third kappa shape index (κ3) is 4.73. The number of benzene rings is 1. The molecule has 0 atom stereocenters. The molecular weight excluding hydrogens is 252 g/mol. The molecule has 0 unspecified atom stereocenters. The van der Waals surface area contributed by atoms with Crippen LogP contribution in [0.3, 0.4) is 0 Å². The van der Waals surface area contributed by atoms with Crippen molar-refractivity contribution in [2.45, 2.75) is 11.8 Å². The van der Waals surface area contributed by atoms with Gasteiger partial charge in [0.1, 0.15) is 0 Å². The first-order valence-corrected chi connectivity index (χ1v) is 7.46. The molecule has 2 N–H and O–H groups in total. The molecule has 0 spiro atoms. The van der Waals surface area contributed by atoms with E-state index in [9.17, 15) is 8.42 Å².